The summed E-state index contributed by atoms with van der Waals surface area (Å²) in [4.78, 5) is 36.1. The molecular formula is C25H19FN10O. The summed E-state index contributed by atoms with van der Waals surface area (Å²) in [6.07, 6.45) is 8.82. The van der Waals surface area contributed by atoms with E-state index in [1.165, 1.54) is 27.7 Å². The maximum absolute atomic E-state index is 14.5. The normalized spacial score (nSPS) is 15.4. The summed E-state index contributed by atoms with van der Waals surface area (Å²) in [5, 5.41) is 5.50. The molecule has 6 heterocycles. The minimum absolute atomic E-state index is 0.0980. The van der Waals surface area contributed by atoms with Crippen molar-refractivity contribution >= 4 is 28.3 Å². The van der Waals surface area contributed by atoms with Gasteiger partial charge < -0.3 is 15.6 Å². The van der Waals surface area contributed by atoms with Gasteiger partial charge in [-0.3, -0.25) is 9.36 Å². The number of rotatable bonds is 4. The molecule has 1 unspecified atom stereocenters. The standard InChI is InChI=1S/C25H19FN10O/c26-17-6-9-35-20(17)24(37)36(15-4-2-1-3-5-15)22(33-35)18-7-8-34(18)23-19-16(12-28-21(19)31-13-32-23)14-10-29-25(27)30-11-14/h1-6,9-13,18H,7-8H2,(H2,27,29,30)(H,28,31,32). The molecule has 1 saturated heterocycles. The summed E-state index contributed by atoms with van der Waals surface area (Å²) in [5.41, 5.74) is 7.96. The van der Waals surface area contributed by atoms with Crippen LogP contribution < -0.4 is 16.2 Å². The third kappa shape index (κ3) is 3.19. The first-order valence-corrected chi connectivity index (χ1v) is 11.6. The predicted octanol–water partition coefficient (Wildman–Crippen LogP) is 2.89. The van der Waals surface area contributed by atoms with Gasteiger partial charge in [0.1, 0.15) is 17.8 Å². The van der Waals surface area contributed by atoms with Gasteiger partial charge in [0.25, 0.3) is 5.56 Å². The van der Waals surface area contributed by atoms with Crippen LogP contribution in [0.5, 0.6) is 0 Å². The van der Waals surface area contributed by atoms with Crippen LogP contribution in [0.2, 0.25) is 0 Å². The van der Waals surface area contributed by atoms with Crippen LogP contribution >= 0.6 is 0 Å². The molecule has 0 aliphatic carbocycles. The van der Waals surface area contributed by atoms with E-state index in [4.69, 9.17) is 10.8 Å². The van der Waals surface area contributed by atoms with Gasteiger partial charge in [0, 0.05) is 42.5 Å². The minimum Gasteiger partial charge on any atom is -0.368 e. The summed E-state index contributed by atoms with van der Waals surface area (Å²) in [7, 11) is 0. The molecule has 1 fully saturated rings. The first-order valence-electron chi connectivity index (χ1n) is 11.6. The lowest BCUT2D eigenvalue weighted by Crippen LogP contribution is -2.45. The second kappa shape index (κ2) is 7.95. The fraction of sp³-hybridized carbons (Fsp3) is 0.120. The Morgan fingerprint density at radius 3 is 2.62 bits per heavy atom. The zero-order valence-corrected chi connectivity index (χ0v) is 19.3. The van der Waals surface area contributed by atoms with Crippen LogP contribution in [0.1, 0.15) is 18.3 Å². The van der Waals surface area contributed by atoms with Gasteiger partial charge in [0.2, 0.25) is 5.95 Å². The number of hydrogen-bond acceptors (Lipinski definition) is 8. The van der Waals surface area contributed by atoms with Crippen LogP contribution in [0.3, 0.4) is 0 Å². The van der Waals surface area contributed by atoms with Crippen molar-refractivity contribution in [3.63, 3.8) is 0 Å². The van der Waals surface area contributed by atoms with Gasteiger partial charge in [-0.05, 0) is 24.6 Å². The van der Waals surface area contributed by atoms with E-state index in [1.54, 1.807) is 24.5 Å². The van der Waals surface area contributed by atoms with Crippen molar-refractivity contribution in [2.24, 2.45) is 0 Å². The Hall–Kier alpha value is -5.13. The first kappa shape index (κ1) is 21.2. The molecule has 1 aliphatic rings. The number of nitrogens with zero attached hydrogens (tertiary/aromatic N) is 8. The molecular weight excluding hydrogens is 475 g/mol. The Morgan fingerprint density at radius 1 is 1.05 bits per heavy atom. The van der Waals surface area contributed by atoms with Crippen LogP contribution in [0.25, 0.3) is 33.4 Å². The molecule has 5 aromatic heterocycles. The lowest BCUT2D eigenvalue weighted by atomic mass is 10.00. The van der Waals surface area contributed by atoms with E-state index in [1.807, 2.05) is 24.4 Å². The number of aromatic amines is 1. The van der Waals surface area contributed by atoms with Crippen LogP contribution in [-0.2, 0) is 0 Å². The molecule has 11 nitrogen and oxygen atoms in total. The number of H-pyrrole nitrogens is 1. The molecule has 7 rings (SSSR count). The third-order valence-corrected chi connectivity index (χ3v) is 6.70. The molecule has 0 radical (unpaired) electrons. The van der Waals surface area contributed by atoms with Gasteiger partial charge in [-0.25, -0.2) is 28.8 Å². The molecule has 0 amide bonds. The molecule has 1 aliphatic heterocycles. The zero-order valence-electron chi connectivity index (χ0n) is 19.3. The quantitative estimate of drug-likeness (QED) is 0.382. The molecule has 3 N–H and O–H groups in total. The number of aromatic nitrogens is 8. The molecule has 12 heteroatoms. The summed E-state index contributed by atoms with van der Waals surface area (Å²) in [6, 6.07) is 10.1. The third-order valence-electron chi connectivity index (χ3n) is 6.70. The topological polar surface area (TPSA) is 136 Å². The maximum Gasteiger partial charge on any atom is 0.285 e. The molecule has 0 saturated carbocycles. The smallest absolute Gasteiger partial charge is 0.285 e. The van der Waals surface area contributed by atoms with Crippen molar-refractivity contribution in [3.8, 4) is 16.8 Å². The number of nitrogens with two attached hydrogens (primary N) is 1. The highest BCUT2D eigenvalue weighted by molar-refractivity contribution is 6.01. The molecule has 182 valence electrons. The van der Waals surface area contributed by atoms with E-state index < -0.39 is 11.4 Å². The van der Waals surface area contributed by atoms with E-state index in [-0.39, 0.29) is 17.5 Å². The van der Waals surface area contributed by atoms with Gasteiger partial charge in [-0.1, -0.05) is 18.2 Å². The number of benzene rings is 1. The van der Waals surface area contributed by atoms with Crippen LogP contribution in [0, 0.1) is 5.82 Å². The molecule has 0 spiro atoms. The highest BCUT2D eigenvalue weighted by Crippen LogP contribution is 2.41. The Labute approximate surface area is 208 Å². The maximum atomic E-state index is 14.5. The predicted molar refractivity (Wildman–Crippen MR) is 135 cm³/mol. The SMILES string of the molecule is Nc1ncc(-c2c[nH]c3ncnc(N4CCC4c4nn5ccc(F)c5c(=O)n4-c4ccccc4)c23)cn1. The largest absolute Gasteiger partial charge is 0.368 e. The Balaban J connectivity index is 1.41. The summed E-state index contributed by atoms with van der Waals surface area (Å²) in [5.74, 6) is 0.747. The fourth-order valence-corrected chi connectivity index (χ4v) is 4.87. The molecule has 37 heavy (non-hydrogen) atoms. The summed E-state index contributed by atoms with van der Waals surface area (Å²) in [6.45, 7) is 0.683. The van der Waals surface area contributed by atoms with E-state index >= 15 is 0 Å². The van der Waals surface area contributed by atoms with Gasteiger partial charge in [0.15, 0.2) is 17.2 Å². The Morgan fingerprint density at radius 2 is 1.86 bits per heavy atom. The number of para-hydroxylation sites is 1. The van der Waals surface area contributed by atoms with Crippen molar-refractivity contribution in [2.45, 2.75) is 12.5 Å². The second-order valence-electron chi connectivity index (χ2n) is 8.74. The molecule has 0 bridgehead atoms. The van der Waals surface area contributed by atoms with Crippen molar-refractivity contribution in [1.82, 2.24) is 39.1 Å². The first-order chi connectivity index (χ1) is 18.1. The van der Waals surface area contributed by atoms with E-state index in [0.29, 0.717) is 29.5 Å². The second-order valence-corrected chi connectivity index (χ2v) is 8.74. The van der Waals surface area contributed by atoms with Crippen LogP contribution in [0.15, 0.2) is 72.3 Å². The van der Waals surface area contributed by atoms with Crippen LogP contribution in [0.4, 0.5) is 16.2 Å². The number of nitrogens with one attached hydrogen (secondary N) is 1. The number of hydrogen-bond donors (Lipinski definition) is 2. The lowest BCUT2D eigenvalue weighted by Gasteiger charge is -2.42. The van der Waals surface area contributed by atoms with Gasteiger partial charge in [-0.2, -0.15) is 5.10 Å². The molecule has 6 aromatic rings. The highest BCUT2D eigenvalue weighted by Gasteiger charge is 2.37. The minimum atomic E-state index is -0.612. The van der Waals surface area contributed by atoms with Crippen molar-refractivity contribution in [3.05, 3.63) is 89.5 Å². The fourth-order valence-electron chi connectivity index (χ4n) is 4.87. The zero-order chi connectivity index (χ0) is 25.1. The molecule has 1 atom stereocenters. The summed E-state index contributed by atoms with van der Waals surface area (Å²) >= 11 is 0. The average Bonchev–Trinajstić information content (AvgIpc) is 3.49. The molecule has 1 aromatic carbocycles. The Bertz CT molecular complexity index is 1840. The van der Waals surface area contributed by atoms with Crippen molar-refractivity contribution in [1.29, 1.82) is 0 Å². The van der Waals surface area contributed by atoms with E-state index in [9.17, 15) is 9.18 Å². The highest BCUT2D eigenvalue weighted by atomic mass is 19.1. The van der Waals surface area contributed by atoms with Gasteiger partial charge in [-0.15, -0.1) is 0 Å². The Kier molecular flexibility index (Phi) is 4.55. The number of anilines is 2. The lowest BCUT2D eigenvalue weighted by molar-refractivity contribution is 0.424. The van der Waals surface area contributed by atoms with Gasteiger partial charge in [0.05, 0.1) is 17.1 Å². The van der Waals surface area contributed by atoms with Crippen molar-refractivity contribution < 1.29 is 4.39 Å². The number of fused-ring (bicyclic) bond motifs is 2. The number of halogens is 1. The van der Waals surface area contributed by atoms with Crippen molar-refractivity contribution in [2.75, 3.05) is 17.2 Å². The van der Waals surface area contributed by atoms with E-state index in [2.05, 4.69) is 29.8 Å². The monoisotopic (exact) mass is 494 g/mol. The average molecular weight is 494 g/mol. The van der Waals surface area contributed by atoms with E-state index in [0.717, 1.165) is 22.9 Å². The summed E-state index contributed by atoms with van der Waals surface area (Å²) < 4.78 is 17.3. The van der Waals surface area contributed by atoms with Crippen LogP contribution in [-0.4, -0.2) is 45.6 Å². The number of nitrogen functional groups attached to an aromatic ring is 1. The van der Waals surface area contributed by atoms with Gasteiger partial charge >= 0.3 is 0 Å².